The van der Waals surface area contributed by atoms with Crippen molar-refractivity contribution in [2.24, 2.45) is 0 Å². The second kappa shape index (κ2) is 7.11. The fraction of sp³-hybridized carbons (Fsp3) is 0.333. The number of H-pyrrole nitrogens is 1. The van der Waals surface area contributed by atoms with Gasteiger partial charge in [0.25, 0.3) is 5.69 Å². The Labute approximate surface area is 124 Å². The van der Waals surface area contributed by atoms with E-state index >= 15 is 0 Å². The fourth-order valence-electron chi connectivity index (χ4n) is 1.83. The van der Waals surface area contributed by atoms with Crippen LogP contribution in [0.4, 0.5) is 5.69 Å². The van der Waals surface area contributed by atoms with Gasteiger partial charge in [-0.3, -0.25) is 15.2 Å². The Balaban J connectivity index is 1.81. The number of rotatable bonds is 7. The molecule has 1 aromatic heterocycles. The first kappa shape index (κ1) is 14.6. The molecule has 0 aliphatic rings. The fourth-order valence-corrected chi connectivity index (χ4v) is 2.24. The van der Waals surface area contributed by atoms with Gasteiger partial charge >= 0.3 is 0 Å². The smallest absolute Gasteiger partial charge is 0.273 e. The van der Waals surface area contributed by atoms with Crippen molar-refractivity contribution in [3.8, 4) is 0 Å². The molecule has 1 heterocycles. The van der Waals surface area contributed by atoms with Crippen molar-refractivity contribution in [2.75, 3.05) is 6.54 Å². The molecule has 7 nitrogen and oxygen atoms in total. The number of nitrogens with zero attached hydrogens (tertiary/aromatic N) is 3. The standard InChI is InChI=1S/C12H14BrN5O2/c13-10-3-4-11(18(19)20)9(6-10)7-14-5-1-2-12-15-8-16-17-12/h3-4,6,8,14H,1-2,5,7H2,(H,15,16,17). The maximum atomic E-state index is 10.9. The van der Waals surface area contributed by atoms with Crippen LogP contribution in [0.25, 0.3) is 0 Å². The molecule has 2 aromatic rings. The van der Waals surface area contributed by atoms with Gasteiger partial charge in [-0.2, -0.15) is 5.10 Å². The topological polar surface area (TPSA) is 96.7 Å². The highest BCUT2D eigenvalue weighted by atomic mass is 79.9. The van der Waals surface area contributed by atoms with Crippen molar-refractivity contribution in [3.05, 3.63) is 50.5 Å². The van der Waals surface area contributed by atoms with E-state index in [1.54, 1.807) is 12.1 Å². The van der Waals surface area contributed by atoms with E-state index in [1.807, 2.05) is 0 Å². The van der Waals surface area contributed by atoms with E-state index in [-0.39, 0.29) is 10.6 Å². The molecule has 0 unspecified atom stereocenters. The molecule has 1 aromatic carbocycles. The van der Waals surface area contributed by atoms with E-state index < -0.39 is 0 Å². The minimum absolute atomic E-state index is 0.135. The van der Waals surface area contributed by atoms with Crippen LogP contribution in [0.3, 0.4) is 0 Å². The zero-order valence-corrected chi connectivity index (χ0v) is 12.3. The molecule has 2 rings (SSSR count). The number of aromatic nitrogens is 3. The first-order chi connectivity index (χ1) is 9.66. The van der Waals surface area contributed by atoms with Gasteiger partial charge in [0.1, 0.15) is 12.2 Å². The summed E-state index contributed by atoms with van der Waals surface area (Å²) in [6, 6.07) is 4.95. The third kappa shape index (κ3) is 4.10. The van der Waals surface area contributed by atoms with E-state index in [4.69, 9.17) is 0 Å². The van der Waals surface area contributed by atoms with Crippen LogP contribution in [0.1, 0.15) is 17.8 Å². The molecule has 0 atom stereocenters. The Bertz CT molecular complexity index is 573. The Morgan fingerprint density at radius 3 is 3.00 bits per heavy atom. The van der Waals surface area contributed by atoms with Crippen molar-refractivity contribution < 1.29 is 4.92 Å². The van der Waals surface area contributed by atoms with E-state index in [0.29, 0.717) is 12.1 Å². The molecule has 2 N–H and O–H groups in total. The van der Waals surface area contributed by atoms with Crippen LogP contribution in [0.5, 0.6) is 0 Å². The molecule has 8 heteroatoms. The maximum Gasteiger partial charge on any atom is 0.273 e. The van der Waals surface area contributed by atoms with Crippen molar-refractivity contribution in [3.63, 3.8) is 0 Å². The lowest BCUT2D eigenvalue weighted by Crippen LogP contribution is -2.16. The van der Waals surface area contributed by atoms with Crippen LogP contribution in [0.15, 0.2) is 29.0 Å². The average molecular weight is 340 g/mol. The number of nitro benzene ring substituents is 1. The lowest BCUT2D eigenvalue weighted by molar-refractivity contribution is -0.385. The lowest BCUT2D eigenvalue weighted by atomic mass is 10.2. The molecule has 0 radical (unpaired) electrons. The predicted molar refractivity (Wildman–Crippen MR) is 77.2 cm³/mol. The largest absolute Gasteiger partial charge is 0.312 e. The van der Waals surface area contributed by atoms with Crippen LogP contribution in [0.2, 0.25) is 0 Å². The van der Waals surface area contributed by atoms with Gasteiger partial charge in [0.05, 0.1) is 4.92 Å². The molecule has 0 saturated carbocycles. The minimum Gasteiger partial charge on any atom is -0.312 e. The first-order valence-electron chi connectivity index (χ1n) is 6.14. The number of nitrogens with one attached hydrogen (secondary N) is 2. The first-order valence-corrected chi connectivity index (χ1v) is 6.94. The Morgan fingerprint density at radius 2 is 2.30 bits per heavy atom. The minimum atomic E-state index is -0.363. The van der Waals surface area contributed by atoms with Crippen LogP contribution >= 0.6 is 15.9 Å². The number of halogens is 1. The molecule has 20 heavy (non-hydrogen) atoms. The summed E-state index contributed by atoms with van der Waals surface area (Å²) in [5.74, 6) is 0.847. The predicted octanol–water partition coefficient (Wildman–Crippen LogP) is 2.20. The summed E-state index contributed by atoms with van der Waals surface area (Å²) < 4.78 is 0.835. The van der Waals surface area contributed by atoms with Crippen LogP contribution < -0.4 is 5.32 Å². The van der Waals surface area contributed by atoms with Crippen molar-refractivity contribution in [1.29, 1.82) is 0 Å². The molecule has 0 amide bonds. The maximum absolute atomic E-state index is 10.9. The van der Waals surface area contributed by atoms with Gasteiger partial charge in [0.2, 0.25) is 0 Å². The number of aryl methyl sites for hydroxylation is 1. The Morgan fingerprint density at radius 1 is 1.45 bits per heavy atom. The van der Waals surface area contributed by atoms with E-state index in [1.165, 1.54) is 12.4 Å². The number of hydrogen-bond acceptors (Lipinski definition) is 5. The normalized spacial score (nSPS) is 10.7. The number of aromatic amines is 1. The molecule has 0 bridgehead atoms. The highest BCUT2D eigenvalue weighted by molar-refractivity contribution is 9.10. The lowest BCUT2D eigenvalue weighted by Gasteiger charge is -2.06. The summed E-state index contributed by atoms with van der Waals surface area (Å²) in [5, 5.41) is 20.7. The molecule has 0 spiro atoms. The molecule has 0 saturated heterocycles. The summed E-state index contributed by atoms with van der Waals surface area (Å²) in [7, 11) is 0. The van der Waals surface area contributed by atoms with Crippen molar-refractivity contribution in [2.45, 2.75) is 19.4 Å². The van der Waals surface area contributed by atoms with Gasteiger partial charge in [-0.15, -0.1) is 0 Å². The molecule has 0 aliphatic carbocycles. The molecule has 106 valence electrons. The SMILES string of the molecule is O=[N+]([O-])c1ccc(Br)cc1CNCCCc1ncn[nH]1. The average Bonchev–Trinajstić information content (AvgIpc) is 2.91. The number of hydrogen-bond donors (Lipinski definition) is 2. The molecule has 0 aliphatic heterocycles. The van der Waals surface area contributed by atoms with Crippen LogP contribution in [-0.2, 0) is 13.0 Å². The van der Waals surface area contributed by atoms with Gasteiger partial charge < -0.3 is 5.32 Å². The van der Waals surface area contributed by atoms with Crippen LogP contribution in [-0.4, -0.2) is 26.6 Å². The summed E-state index contributed by atoms with van der Waals surface area (Å²) in [6.45, 7) is 1.22. The third-order valence-electron chi connectivity index (χ3n) is 2.79. The summed E-state index contributed by atoms with van der Waals surface area (Å²) >= 11 is 3.32. The Hall–Kier alpha value is -1.80. The zero-order valence-electron chi connectivity index (χ0n) is 10.7. The summed E-state index contributed by atoms with van der Waals surface area (Å²) in [4.78, 5) is 14.6. The quantitative estimate of drug-likeness (QED) is 0.458. The highest BCUT2D eigenvalue weighted by Gasteiger charge is 2.12. The molecule has 0 fully saturated rings. The van der Waals surface area contributed by atoms with Crippen molar-refractivity contribution >= 4 is 21.6 Å². The van der Waals surface area contributed by atoms with Gasteiger partial charge in [-0.25, -0.2) is 4.98 Å². The van der Waals surface area contributed by atoms with Gasteiger partial charge in [0, 0.05) is 29.1 Å². The summed E-state index contributed by atoms with van der Waals surface area (Å²) in [5.41, 5.74) is 0.806. The van der Waals surface area contributed by atoms with Crippen LogP contribution in [0, 0.1) is 10.1 Å². The second-order valence-corrected chi connectivity index (χ2v) is 5.16. The van der Waals surface area contributed by atoms with E-state index in [9.17, 15) is 10.1 Å². The highest BCUT2D eigenvalue weighted by Crippen LogP contribution is 2.22. The monoisotopic (exact) mass is 339 g/mol. The Kier molecular flexibility index (Phi) is 5.19. The van der Waals surface area contributed by atoms with Crippen molar-refractivity contribution in [1.82, 2.24) is 20.5 Å². The number of nitro groups is 1. The van der Waals surface area contributed by atoms with E-state index in [0.717, 1.165) is 29.7 Å². The molecular formula is C12H14BrN5O2. The second-order valence-electron chi connectivity index (χ2n) is 4.24. The third-order valence-corrected chi connectivity index (χ3v) is 3.28. The summed E-state index contributed by atoms with van der Waals surface area (Å²) in [6.07, 6.45) is 3.16. The zero-order chi connectivity index (χ0) is 14.4. The van der Waals surface area contributed by atoms with Gasteiger partial charge in [-0.1, -0.05) is 15.9 Å². The number of benzene rings is 1. The van der Waals surface area contributed by atoms with Gasteiger partial charge in [0.15, 0.2) is 0 Å². The van der Waals surface area contributed by atoms with E-state index in [2.05, 4.69) is 36.4 Å². The molecular weight excluding hydrogens is 326 g/mol. The van der Waals surface area contributed by atoms with Gasteiger partial charge in [-0.05, 0) is 25.1 Å².